The lowest BCUT2D eigenvalue weighted by atomic mass is 9.73. The van der Waals surface area contributed by atoms with E-state index in [0.29, 0.717) is 24.7 Å². The van der Waals surface area contributed by atoms with E-state index in [1.807, 2.05) is 0 Å². The van der Waals surface area contributed by atoms with Crippen LogP contribution in [0.15, 0.2) is 0 Å². The van der Waals surface area contributed by atoms with Crippen molar-refractivity contribution >= 4 is 23.2 Å². The van der Waals surface area contributed by atoms with E-state index in [1.54, 1.807) is 0 Å². The van der Waals surface area contributed by atoms with E-state index < -0.39 is 10.5 Å². The molecule has 0 saturated heterocycles. The molecule has 0 bridgehead atoms. The first-order valence-corrected chi connectivity index (χ1v) is 5.37. The Kier molecular flexibility index (Phi) is 2.29. The molecule has 0 spiro atoms. The van der Waals surface area contributed by atoms with E-state index >= 15 is 0 Å². The fraction of sp³-hybridized carbons (Fsp3) is 1.00. The quantitative estimate of drug-likeness (QED) is 0.580. The fourth-order valence-electron chi connectivity index (χ4n) is 2.45. The highest BCUT2D eigenvalue weighted by atomic mass is 35.5. The predicted octanol–water partition coefficient (Wildman–Crippen LogP) is 3.71. The summed E-state index contributed by atoms with van der Waals surface area (Å²) in [6, 6.07) is 0. The van der Waals surface area contributed by atoms with Gasteiger partial charge in [-0.2, -0.15) is 0 Å². The molecule has 0 radical (unpaired) electrons. The lowest BCUT2D eigenvalue weighted by molar-refractivity contribution is 0.0829. The van der Waals surface area contributed by atoms with Crippen molar-refractivity contribution in [1.29, 1.82) is 0 Å². The molecule has 0 nitrogen and oxygen atoms in total. The van der Waals surface area contributed by atoms with Crippen LogP contribution in [0.5, 0.6) is 0 Å². The third-order valence-corrected chi connectivity index (χ3v) is 4.19. The number of halogens is 3. The van der Waals surface area contributed by atoms with E-state index in [0.717, 1.165) is 19.3 Å². The second kappa shape index (κ2) is 3.02. The summed E-state index contributed by atoms with van der Waals surface area (Å²) in [5.41, 5.74) is 0. The molecule has 1 atom stereocenters. The molecule has 0 N–H and O–H groups in total. The van der Waals surface area contributed by atoms with Gasteiger partial charge in [0.1, 0.15) is 10.5 Å². The zero-order valence-electron chi connectivity index (χ0n) is 6.90. The van der Waals surface area contributed by atoms with Crippen molar-refractivity contribution in [3.63, 3.8) is 0 Å². The summed E-state index contributed by atoms with van der Waals surface area (Å²) in [6.45, 7) is 0. The Labute approximate surface area is 82.4 Å². The molecule has 0 aromatic heterocycles. The minimum absolute atomic E-state index is 0.354. The van der Waals surface area contributed by atoms with Gasteiger partial charge in [0.25, 0.3) is 0 Å². The maximum atomic E-state index is 12.6. The summed E-state index contributed by atoms with van der Waals surface area (Å²) in [4.78, 5) is 0. The molecule has 3 heteroatoms. The second-order valence-electron chi connectivity index (χ2n) is 4.09. The summed E-state index contributed by atoms with van der Waals surface area (Å²) < 4.78 is 12.0. The summed E-state index contributed by atoms with van der Waals surface area (Å²) in [6.07, 6.45) is 3.86. The molecule has 0 aromatic rings. The number of hydrogen-bond acceptors (Lipinski definition) is 0. The van der Waals surface area contributed by atoms with Gasteiger partial charge in [0.2, 0.25) is 0 Å². The van der Waals surface area contributed by atoms with E-state index in [9.17, 15) is 4.39 Å². The summed E-state index contributed by atoms with van der Waals surface area (Å²) in [5, 5.41) is 0. The van der Waals surface area contributed by atoms with Gasteiger partial charge in [0.15, 0.2) is 0 Å². The van der Waals surface area contributed by atoms with E-state index in [1.165, 1.54) is 0 Å². The highest BCUT2D eigenvalue weighted by molar-refractivity contribution is 6.48. The average Bonchev–Trinajstić information content (AvgIpc) is 2.23. The summed E-state index contributed by atoms with van der Waals surface area (Å²) >= 11 is 12.3. The maximum absolute atomic E-state index is 12.6. The molecular formula is C9H13Cl2F. The molecular weight excluding hydrogens is 198 g/mol. The van der Waals surface area contributed by atoms with Gasteiger partial charge in [-0.1, -0.05) is 6.42 Å². The fourth-order valence-corrected chi connectivity index (χ4v) is 3.29. The normalized spacial score (nSPS) is 45.8. The summed E-state index contributed by atoms with van der Waals surface area (Å²) in [7, 11) is 0. The zero-order chi connectivity index (χ0) is 8.77. The van der Waals surface area contributed by atoms with Crippen molar-refractivity contribution in [2.24, 2.45) is 11.8 Å². The van der Waals surface area contributed by atoms with Gasteiger partial charge in [-0.15, -0.1) is 23.2 Å². The minimum atomic E-state index is -0.584. The molecule has 12 heavy (non-hydrogen) atoms. The topological polar surface area (TPSA) is 0 Å². The second-order valence-corrected chi connectivity index (χ2v) is 5.63. The van der Waals surface area contributed by atoms with Crippen molar-refractivity contribution in [3.8, 4) is 0 Å². The van der Waals surface area contributed by atoms with Gasteiger partial charge in [-0.25, -0.2) is 4.39 Å². The number of alkyl halides is 3. The van der Waals surface area contributed by atoms with Gasteiger partial charge >= 0.3 is 0 Å². The van der Waals surface area contributed by atoms with Crippen molar-refractivity contribution in [2.75, 3.05) is 0 Å². The standard InChI is InChI=1S/C9H13Cl2F/c10-9(11)3-1-2-8(9)6-4-7(12)5-6/h6-8H,1-5H2. The first kappa shape index (κ1) is 9.08. The molecule has 0 heterocycles. The number of hydrogen-bond donors (Lipinski definition) is 0. The predicted molar refractivity (Wildman–Crippen MR) is 49.4 cm³/mol. The summed E-state index contributed by atoms with van der Waals surface area (Å²) in [5.74, 6) is 0.810. The monoisotopic (exact) mass is 210 g/mol. The molecule has 2 fully saturated rings. The van der Waals surface area contributed by atoms with Crippen LogP contribution in [0, 0.1) is 11.8 Å². The van der Waals surface area contributed by atoms with Gasteiger partial charge < -0.3 is 0 Å². The Morgan fingerprint density at radius 1 is 1.25 bits per heavy atom. The van der Waals surface area contributed by atoms with E-state index in [2.05, 4.69) is 0 Å². The average molecular weight is 211 g/mol. The molecule has 0 aliphatic heterocycles. The Balaban J connectivity index is 1.95. The molecule has 2 rings (SSSR count). The van der Waals surface area contributed by atoms with Crippen molar-refractivity contribution in [3.05, 3.63) is 0 Å². The Morgan fingerprint density at radius 3 is 2.33 bits per heavy atom. The van der Waals surface area contributed by atoms with Crippen LogP contribution in [0.1, 0.15) is 32.1 Å². The van der Waals surface area contributed by atoms with Crippen LogP contribution in [-0.2, 0) is 0 Å². The van der Waals surface area contributed by atoms with Crippen LogP contribution in [0.2, 0.25) is 0 Å². The van der Waals surface area contributed by atoms with E-state index in [-0.39, 0.29) is 0 Å². The van der Waals surface area contributed by atoms with Crippen molar-refractivity contribution < 1.29 is 4.39 Å². The highest BCUT2D eigenvalue weighted by Gasteiger charge is 2.47. The Morgan fingerprint density at radius 2 is 1.92 bits per heavy atom. The van der Waals surface area contributed by atoms with E-state index in [4.69, 9.17) is 23.2 Å². The van der Waals surface area contributed by atoms with Gasteiger partial charge in [-0.05, 0) is 37.5 Å². The van der Waals surface area contributed by atoms with Crippen LogP contribution in [0.4, 0.5) is 4.39 Å². The van der Waals surface area contributed by atoms with Crippen molar-refractivity contribution in [1.82, 2.24) is 0 Å². The zero-order valence-corrected chi connectivity index (χ0v) is 8.41. The smallest absolute Gasteiger partial charge is 0.121 e. The lowest BCUT2D eigenvalue weighted by Gasteiger charge is -2.38. The molecule has 2 saturated carbocycles. The van der Waals surface area contributed by atoms with Crippen LogP contribution >= 0.6 is 23.2 Å². The van der Waals surface area contributed by atoms with Crippen LogP contribution < -0.4 is 0 Å². The van der Waals surface area contributed by atoms with Crippen LogP contribution in [0.25, 0.3) is 0 Å². The Hall–Kier alpha value is 0.510. The third kappa shape index (κ3) is 1.46. The SMILES string of the molecule is FC1CC(C2CCCC2(Cl)Cl)C1. The first-order valence-electron chi connectivity index (χ1n) is 4.61. The van der Waals surface area contributed by atoms with Gasteiger partial charge in [0, 0.05) is 0 Å². The number of rotatable bonds is 1. The molecule has 2 aliphatic rings. The maximum Gasteiger partial charge on any atom is 0.121 e. The molecule has 70 valence electrons. The molecule has 2 aliphatic carbocycles. The van der Waals surface area contributed by atoms with Gasteiger partial charge in [-0.3, -0.25) is 0 Å². The molecule has 1 unspecified atom stereocenters. The highest BCUT2D eigenvalue weighted by Crippen LogP contribution is 2.53. The lowest BCUT2D eigenvalue weighted by Crippen LogP contribution is -2.37. The van der Waals surface area contributed by atoms with Gasteiger partial charge in [0.05, 0.1) is 0 Å². The largest absolute Gasteiger partial charge is 0.247 e. The van der Waals surface area contributed by atoms with Crippen LogP contribution in [0.3, 0.4) is 0 Å². The molecule has 0 aromatic carbocycles. The van der Waals surface area contributed by atoms with Crippen LogP contribution in [-0.4, -0.2) is 10.5 Å². The van der Waals surface area contributed by atoms with Crippen molar-refractivity contribution in [2.45, 2.75) is 42.6 Å². The minimum Gasteiger partial charge on any atom is -0.247 e. The third-order valence-electron chi connectivity index (χ3n) is 3.25. The first-order chi connectivity index (χ1) is 5.59. The molecule has 0 amide bonds. The Bertz CT molecular complexity index is 175.